The summed E-state index contributed by atoms with van der Waals surface area (Å²) in [4.78, 5) is 14.9. The van der Waals surface area contributed by atoms with Crippen molar-refractivity contribution >= 4 is 49.8 Å². The fourth-order valence-electron chi connectivity index (χ4n) is 2.48. The van der Waals surface area contributed by atoms with Gasteiger partial charge in [0.05, 0.1) is 17.5 Å². The second-order valence-electron chi connectivity index (χ2n) is 5.71. The lowest BCUT2D eigenvalue weighted by Crippen LogP contribution is -2.34. The van der Waals surface area contributed by atoms with Crippen LogP contribution in [0.5, 0.6) is 5.88 Å². The fourth-order valence-corrected chi connectivity index (χ4v) is 3.46. The Kier molecular flexibility index (Phi) is 5.15. The van der Waals surface area contributed by atoms with Gasteiger partial charge in [-0.05, 0) is 30.3 Å². The summed E-state index contributed by atoms with van der Waals surface area (Å²) < 4.78 is 25.0. The number of aromatic amines is 1. The lowest BCUT2D eigenvalue weighted by atomic mass is 10.2. The van der Waals surface area contributed by atoms with E-state index in [1.54, 1.807) is 24.3 Å². The molecule has 0 aliphatic rings. The van der Waals surface area contributed by atoms with Gasteiger partial charge in [0.25, 0.3) is 5.91 Å². The molecule has 3 rings (SSSR count). The molecular formula is C17H15ClN4O4S. The first kappa shape index (κ1) is 18.9. The molecule has 10 heteroatoms. The van der Waals surface area contributed by atoms with Gasteiger partial charge in [0.1, 0.15) is 6.54 Å². The number of azo groups is 1. The molecule has 0 atom stereocenters. The Labute approximate surface area is 160 Å². The monoisotopic (exact) mass is 406 g/mol. The van der Waals surface area contributed by atoms with Gasteiger partial charge in [-0.25, -0.2) is 8.42 Å². The number of fused-ring (bicyclic) bond motifs is 1. The molecule has 2 aromatic carbocycles. The number of carbonyl (C=O) groups is 1. The predicted molar refractivity (Wildman–Crippen MR) is 103 cm³/mol. The van der Waals surface area contributed by atoms with E-state index >= 15 is 0 Å². The molecule has 0 radical (unpaired) electrons. The van der Waals surface area contributed by atoms with Crippen molar-refractivity contribution in [2.24, 2.45) is 10.2 Å². The summed E-state index contributed by atoms with van der Waals surface area (Å²) in [6.45, 7) is -0.535. The maximum Gasteiger partial charge on any atom is 0.285 e. The van der Waals surface area contributed by atoms with E-state index in [4.69, 9.17) is 11.6 Å². The van der Waals surface area contributed by atoms with Gasteiger partial charge in [0.2, 0.25) is 15.9 Å². The highest BCUT2D eigenvalue weighted by Crippen LogP contribution is 2.35. The molecule has 8 nitrogen and oxygen atoms in total. The molecule has 1 aromatic heterocycles. The van der Waals surface area contributed by atoms with Crippen molar-refractivity contribution in [3.8, 4) is 5.88 Å². The minimum atomic E-state index is -3.73. The quantitative estimate of drug-likeness (QED) is 0.629. The van der Waals surface area contributed by atoms with Crippen LogP contribution in [0.2, 0.25) is 5.02 Å². The molecule has 1 heterocycles. The van der Waals surface area contributed by atoms with Gasteiger partial charge in [0.15, 0.2) is 5.69 Å². The highest BCUT2D eigenvalue weighted by molar-refractivity contribution is 7.92. The van der Waals surface area contributed by atoms with E-state index in [-0.39, 0.29) is 17.3 Å². The minimum Gasteiger partial charge on any atom is -0.493 e. The van der Waals surface area contributed by atoms with Crippen LogP contribution in [0, 0.1) is 0 Å². The molecule has 0 aliphatic heterocycles. The summed E-state index contributed by atoms with van der Waals surface area (Å²) in [5.74, 6) is -1.02. The van der Waals surface area contributed by atoms with Crippen LogP contribution >= 0.6 is 11.6 Å². The minimum absolute atomic E-state index is 0.108. The topological polar surface area (TPSA) is 115 Å². The Morgan fingerprint density at radius 1 is 1.19 bits per heavy atom. The average molecular weight is 407 g/mol. The lowest BCUT2D eigenvalue weighted by Gasteiger charge is -2.20. The number of benzene rings is 2. The zero-order chi connectivity index (χ0) is 19.6. The Balaban J connectivity index is 1.85. The van der Waals surface area contributed by atoms with E-state index in [9.17, 15) is 18.3 Å². The van der Waals surface area contributed by atoms with Crippen LogP contribution in [0.25, 0.3) is 10.9 Å². The third-order valence-corrected chi connectivity index (χ3v) is 5.11. The summed E-state index contributed by atoms with van der Waals surface area (Å²) in [5, 5.41) is 18.3. The number of hydrogen-bond acceptors (Lipinski definition) is 5. The van der Waals surface area contributed by atoms with Crippen molar-refractivity contribution in [2.45, 2.75) is 0 Å². The van der Waals surface area contributed by atoms with Gasteiger partial charge in [-0.3, -0.25) is 9.10 Å². The van der Waals surface area contributed by atoms with Crippen molar-refractivity contribution in [1.82, 2.24) is 4.98 Å². The van der Waals surface area contributed by atoms with Gasteiger partial charge >= 0.3 is 0 Å². The number of nitrogens with one attached hydrogen (secondary N) is 1. The number of hydrogen-bond donors (Lipinski definition) is 2. The third kappa shape index (κ3) is 4.26. The van der Waals surface area contributed by atoms with Crippen LogP contribution in [0.1, 0.15) is 0 Å². The molecule has 0 fully saturated rings. The van der Waals surface area contributed by atoms with Crippen molar-refractivity contribution in [3.05, 3.63) is 53.6 Å². The molecular weight excluding hydrogens is 392 g/mol. The molecule has 0 spiro atoms. The SMILES string of the molecule is CS(=O)(=O)N(CC(=O)N=Nc1c(O)[nH]c2ccccc12)c1ccc(Cl)cc1. The summed E-state index contributed by atoms with van der Waals surface area (Å²) >= 11 is 5.81. The molecule has 1 amide bonds. The van der Waals surface area contributed by atoms with Gasteiger partial charge in [-0.1, -0.05) is 29.8 Å². The number of rotatable bonds is 5. The normalized spacial score (nSPS) is 11.9. The number of halogens is 1. The smallest absolute Gasteiger partial charge is 0.285 e. The summed E-state index contributed by atoms with van der Waals surface area (Å²) in [7, 11) is -3.73. The Bertz CT molecular complexity index is 1120. The van der Waals surface area contributed by atoms with Crippen molar-refractivity contribution < 1.29 is 18.3 Å². The van der Waals surface area contributed by atoms with E-state index in [0.717, 1.165) is 10.6 Å². The van der Waals surface area contributed by atoms with E-state index < -0.39 is 22.5 Å². The molecule has 3 aromatic rings. The molecule has 140 valence electrons. The number of carbonyl (C=O) groups excluding carboxylic acids is 1. The van der Waals surface area contributed by atoms with Crippen molar-refractivity contribution in [1.29, 1.82) is 0 Å². The number of aromatic hydroxyl groups is 1. The van der Waals surface area contributed by atoms with Crippen LogP contribution < -0.4 is 4.31 Å². The van der Waals surface area contributed by atoms with E-state index in [2.05, 4.69) is 15.2 Å². The number of aromatic nitrogens is 1. The van der Waals surface area contributed by atoms with E-state index in [1.807, 2.05) is 0 Å². The zero-order valence-corrected chi connectivity index (χ0v) is 15.7. The number of H-pyrrole nitrogens is 1. The third-order valence-electron chi connectivity index (χ3n) is 3.71. The maximum absolute atomic E-state index is 12.2. The number of para-hydroxylation sites is 1. The number of sulfonamides is 1. The molecule has 0 aliphatic carbocycles. The summed E-state index contributed by atoms with van der Waals surface area (Å²) in [5.41, 5.74) is 1.02. The molecule has 27 heavy (non-hydrogen) atoms. The molecule has 0 bridgehead atoms. The maximum atomic E-state index is 12.2. The highest BCUT2D eigenvalue weighted by Gasteiger charge is 2.21. The lowest BCUT2D eigenvalue weighted by molar-refractivity contribution is -0.116. The second kappa shape index (κ2) is 7.37. The fraction of sp³-hybridized carbons (Fsp3) is 0.118. The first-order chi connectivity index (χ1) is 12.8. The van der Waals surface area contributed by atoms with Crippen LogP contribution in [-0.2, 0) is 14.8 Å². The van der Waals surface area contributed by atoms with Crippen molar-refractivity contribution in [3.63, 3.8) is 0 Å². The van der Waals surface area contributed by atoms with Gasteiger partial charge in [-0.2, -0.15) is 0 Å². The zero-order valence-electron chi connectivity index (χ0n) is 14.1. The molecule has 2 N–H and O–H groups in total. The predicted octanol–water partition coefficient (Wildman–Crippen LogP) is 3.60. The Morgan fingerprint density at radius 2 is 1.85 bits per heavy atom. The molecule has 0 saturated heterocycles. The van der Waals surface area contributed by atoms with Gasteiger partial charge in [-0.15, -0.1) is 10.2 Å². The Hall–Kier alpha value is -2.91. The Morgan fingerprint density at radius 3 is 2.52 bits per heavy atom. The molecule has 0 saturated carbocycles. The number of anilines is 1. The summed E-state index contributed by atoms with van der Waals surface area (Å²) in [6, 6.07) is 13.0. The van der Waals surface area contributed by atoms with Crippen LogP contribution in [0.3, 0.4) is 0 Å². The van der Waals surface area contributed by atoms with E-state index in [0.29, 0.717) is 15.9 Å². The van der Waals surface area contributed by atoms with Crippen LogP contribution in [0.15, 0.2) is 58.8 Å². The number of amides is 1. The standard InChI is InChI=1S/C17H15ClN4O4S/c1-27(25,26)22(12-8-6-11(18)7-9-12)10-15(23)20-21-16-13-4-2-3-5-14(13)19-17(16)24/h2-9,19,24H,10H2,1H3. The largest absolute Gasteiger partial charge is 0.493 e. The highest BCUT2D eigenvalue weighted by atomic mass is 35.5. The summed E-state index contributed by atoms with van der Waals surface area (Å²) in [6.07, 6.45) is 0.984. The van der Waals surface area contributed by atoms with E-state index in [1.165, 1.54) is 24.3 Å². The molecule has 0 unspecified atom stereocenters. The average Bonchev–Trinajstić information content (AvgIpc) is 2.93. The first-order valence-electron chi connectivity index (χ1n) is 7.73. The van der Waals surface area contributed by atoms with Crippen molar-refractivity contribution in [2.75, 3.05) is 17.1 Å². The van der Waals surface area contributed by atoms with Gasteiger partial charge in [0, 0.05) is 10.4 Å². The second-order valence-corrected chi connectivity index (χ2v) is 8.05. The number of nitrogens with zero attached hydrogens (tertiary/aromatic N) is 3. The van der Waals surface area contributed by atoms with Crippen LogP contribution in [0.4, 0.5) is 11.4 Å². The first-order valence-corrected chi connectivity index (χ1v) is 9.96. The van der Waals surface area contributed by atoms with Gasteiger partial charge < -0.3 is 10.1 Å². The van der Waals surface area contributed by atoms with Crippen LogP contribution in [-0.4, -0.2) is 37.2 Å².